The summed E-state index contributed by atoms with van der Waals surface area (Å²) in [7, 11) is -2.62. The fraction of sp³-hybridized carbons (Fsp3) is 0.300. The Hall–Kier alpha value is -1.31. The molecule has 0 amide bonds. The molecule has 100 valence electrons. The Kier molecular flexibility index (Phi) is 4.94. The highest BCUT2D eigenvalue weighted by Gasteiger charge is 2.20. The molecule has 6 nitrogen and oxygen atoms in total. The van der Waals surface area contributed by atoms with E-state index in [1.807, 2.05) is 0 Å². The molecule has 0 saturated carbocycles. The summed E-state index contributed by atoms with van der Waals surface area (Å²) >= 11 is 5.79. The summed E-state index contributed by atoms with van der Waals surface area (Å²) in [6.07, 6.45) is -0.0694. The molecule has 0 heterocycles. The van der Waals surface area contributed by atoms with Gasteiger partial charge in [-0.15, -0.1) is 0 Å². The minimum absolute atomic E-state index is 0.0283. The van der Waals surface area contributed by atoms with Gasteiger partial charge in [0.1, 0.15) is 4.90 Å². The van der Waals surface area contributed by atoms with Gasteiger partial charge in [-0.2, -0.15) is 0 Å². The van der Waals surface area contributed by atoms with Crippen molar-refractivity contribution in [2.75, 3.05) is 19.4 Å². The fourth-order valence-corrected chi connectivity index (χ4v) is 2.98. The van der Waals surface area contributed by atoms with Crippen LogP contribution >= 0.6 is 11.6 Å². The summed E-state index contributed by atoms with van der Waals surface area (Å²) in [4.78, 5) is 10.7. The topological polar surface area (TPSA) is 98.5 Å². The molecule has 0 aromatic heterocycles. The van der Waals surface area contributed by atoms with Crippen molar-refractivity contribution in [2.24, 2.45) is 0 Å². The second kappa shape index (κ2) is 6.03. The average Bonchev–Trinajstić information content (AvgIpc) is 2.27. The van der Waals surface area contributed by atoms with E-state index in [2.05, 4.69) is 9.46 Å². The highest BCUT2D eigenvalue weighted by molar-refractivity contribution is 7.89. The number of esters is 1. The number of carbonyl (C=O) groups excluding carboxylic acids is 1. The standard InChI is InChI=1S/C10H13ClN2O4S/c1-17-9(14)5-6-13-18(15,16)10-7(11)3-2-4-8(10)12/h2-4,13H,5-6,12H2,1H3. The second-order valence-electron chi connectivity index (χ2n) is 3.38. The lowest BCUT2D eigenvalue weighted by molar-refractivity contribution is -0.140. The number of methoxy groups -OCH3 is 1. The molecule has 0 aliphatic heterocycles. The highest BCUT2D eigenvalue weighted by Crippen LogP contribution is 2.26. The smallest absolute Gasteiger partial charge is 0.306 e. The first-order chi connectivity index (χ1) is 8.38. The maximum absolute atomic E-state index is 11.9. The molecule has 3 N–H and O–H groups in total. The largest absolute Gasteiger partial charge is 0.469 e. The molecule has 0 bridgehead atoms. The lowest BCUT2D eigenvalue weighted by atomic mass is 10.3. The predicted octanol–water partition coefficient (Wildman–Crippen LogP) is 0.764. The minimum atomic E-state index is -3.84. The molecule has 0 aliphatic rings. The number of nitrogens with one attached hydrogen (secondary N) is 1. The van der Waals surface area contributed by atoms with Gasteiger partial charge in [0.15, 0.2) is 0 Å². The van der Waals surface area contributed by atoms with Gasteiger partial charge in [0.2, 0.25) is 10.0 Å². The van der Waals surface area contributed by atoms with Gasteiger partial charge in [-0.25, -0.2) is 13.1 Å². The summed E-state index contributed by atoms with van der Waals surface area (Å²) in [5, 5.41) is 0.0283. The monoisotopic (exact) mass is 292 g/mol. The van der Waals surface area contributed by atoms with Gasteiger partial charge in [-0.1, -0.05) is 17.7 Å². The normalized spacial score (nSPS) is 11.2. The minimum Gasteiger partial charge on any atom is -0.469 e. The maximum atomic E-state index is 11.9. The van der Waals surface area contributed by atoms with Crippen molar-refractivity contribution in [1.82, 2.24) is 4.72 Å². The van der Waals surface area contributed by atoms with Crippen LogP contribution in [0.5, 0.6) is 0 Å². The Morgan fingerprint density at radius 2 is 2.17 bits per heavy atom. The van der Waals surface area contributed by atoms with Crippen LogP contribution in [0.1, 0.15) is 6.42 Å². The first-order valence-electron chi connectivity index (χ1n) is 4.99. The number of carbonyl (C=O) groups is 1. The van der Waals surface area contributed by atoms with Crippen molar-refractivity contribution in [1.29, 1.82) is 0 Å². The molecule has 0 spiro atoms. The van der Waals surface area contributed by atoms with E-state index in [0.29, 0.717) is 0 Å². The van der Waals surface area contributed by atoms with E-state index < -0.39 is 16.0 Å². The summed E-state index contributed by atoms with van der Waals surface area (Å²) in [6.45, 7) is -0.0837. The maximum Gasteiger partial charge on any atom is 0.306 e. The molecule has 0 fully saturated rings. The summed E-state index contributed by atoms with van der Waals surface area (Å²) in [5.74, 6) is -0.509. The van der Waals surface area contributed by atoms with Crippen LogP contribution in [0, 0.1) is 0 Å². The number of nitrogens with two attached hydrogens (primary N) is 1. The molecular weight excluding hydrogens is 280 g/mol. The molecule has 0 atom stereocenters. The highest BCUT2D eigenvalue weighted by atomic mass is 35.5. The SMILES string of the molecule is COC(=O)CCNS(=O)(=O)c1c(N)cccc1Cl. The number of rotatable bonds is 5. The summed E-state index contributed by atoms with van der Waals surface area (Å²) in [6, 6.07) is 4.40. The van der Waals surface area contributed by atoms with Crippen molar-refractivity contribution in [2.45, 2.75) is 11.3 Å². The van der Waals surface area contributed by atoms with Gasteiger partial charge in [0.05, 0.1) is 24.2 Å². The molecule has 1 aromatic carbocycles. The number of hydrogen-bond acceptors (Lipinski definition) is 5. The number of sulfonamides is 1. The number of anilines is 1. The van der Waals surface area contributed by atoms with Crippen molar-refractivity contribution in [3.8, 4) is 0 Å². The van der Waals surface area contributed by atoms with Gasteiger partial charge in [-0.05, 0) is 12.1 Å². The lowest BCUT2D eigenvalue weighted by Crippen LogP contribution is -2.27. The van der Waals surface area contributed by atoms with Crippen LogP contribution < -0.4 is 10.5 Å². The van der Waals surface area contributed by atoms with Gasteiger partial charge in [0.25, 0.3) is 0 Å². The zero-order chi connectivity index (χ0) is 13.8. The molecule has 8 heteroatoms. The van der Waals surface area contributed by atoms with E-state index in [-0.39, 0.29) is 28.6 Å². The molecule has 18 heavy (non-hydrogen) atoms. The second-order valence-corrected chi connectivity index (χ2v) is 5.49. The third kappa shape index (κ3) is 3.59. The summed E-state index contributed by atoms with van der Waals surface area (Å²) in [5.41, 5.74) is 5.62. The zero-order valence-electron chi connectivity index (χ0n) is 9.64. The van der Waals surface area contributed by atoms with E-state index >= 15 is 0 Å². The Bertz CT molecular complexity index is 525. The number of halogens is 1. The number of nitrogen functional groups attached to an aromatic ring is 1. The number of benzene rings is 1. The summed E-state index contributed by atoms with van der Waals surface area (Å²) < 4.78 is 30.5. The molecule has 1 rings (SSSR count). The van der Waals surface area contributed by atoms with Crippen molar-refractivity contribution < 1.29 is 17.9 Å². The van der Waals surface area contributed by atoms with Gasteiger partial charge < -0.3 is 10.5 Å². The van der Waals surface area contributed by atoms with Crippen LogP contribution in [0.15, 0.2) is 23.1 Å². The van der Waals surface area contributed by atoms with Crippen LogP contribution in [0.3, 0.4) is 0 Å². The van der Waals surface area contributed by atoms with Gasteiger partial charge in [-0.3, -0.25) is 4.79 Å². The first-order valence-corrected chi connectivity index (χ1v) is 6.85. The quantitative estimate of drug-likeness (QED) is 0.617. The van der Waals surface area contributed by atoms with Gasteiger partial charge in [0, 0.05) is 6.54 Å². The van der Waals surface area contributed by atoms with E-state index in [0.717, 1.165) is 0 Å². The van der Waals surface area contributed by atoms with Crippen molar-refractivity contribution in [3.63, 3.8) is 0 Å². The molecule has 1 aromatic rings. The number of ether oxygens (including phenoxy) is 1. The number of hydrogen-bond donors (Lipinski definition) is 2. The van der Waals surface area contributed by atoms with Gasteiger partial charge >= 0.3 is 5.97 Å². The van der Waals surface area contributed by atoms with Crippen LogP contribution in [0.25, 0.3) is 0 Å². The van der Waals surface area contributed by atoms with E-state index in [9.17, 15) is 13.2 Å². The predicted molar refractivity (Wildman–Crippen MR) is 67.7 cm³/mol. The first kappa shape index (κ1) is 14.7. The van der Waals surface area contributed by atoms with Crippen molar-refractivity contribution >= 4 is 33.3 Å². The Labute approximate surface area is 110 Å². The molecule has 0 saturated heterocycles. The fourth-order valence-electron chi connectivity index (χ4n) is 1.27. The van der Waals surface area contributed by atoms with E-state index in [1.165, 1.54) is 19.2 Å². The van der Waals surface area contributed by atoms with E-state index in [4.69, 9.17) is 17.3 Å². The van der Waals surface area contributed by atoms with E-state index in [1.54, 1.807) is 6.07 Å². The molecule has 0 aliphatic carbocycles. The Morgan fingerprint density at radius 3 is 2.72 bits per heavy atom. The molecular formula is C10H13ClN2O4S. The van der Waals surface area contributed by atoms with Crippen LogP contribution in [-0.2, 0) is 19.6 Å². The van der Waals surface area contributed by atoms with Crippen LogP contribution in [0.2, 0.25) is 5.02 Å². The van der Waals surface area contributed by atoms with Crippen LogP contribution in [-0.4, -0.2) is 28.0 Å². The Morgan fingerprint density at radius 1 is 1.50 bits per heavy atom. The molecule has 0 radical (unpaired) electrons. The van der Waals surface area contributed by atoms with Crippen LogP contribution in [0.4, 0.5) is 5.69 Å². The third-order valence-electron chi connectivity index (χ3n) is 2.12. The average molecular weight is 293 g/mol. The zero-order valence-corrected chi connectivity index (χ0v) is 11.2. The third-order valence-corrected chi connectivity index (χ3v) is 4.12. The lowest BCUT2D eigenvalue weighted by Gasteiger charge is -2.10. The van der Waals surface area contributed by atoms with Crippen molar-refractivity contribution in [3.05, 3.63) is 23.2 Å². The Balaban J connectivity index is 2.84. The molecule has 0 unspecified atom stereocenters.